The molecule has 0 bridgehead atoms. The van der Waals surface area contributed by atoms with Gasteiger partial charge in [0.25, 0.3) is 0 Å². The minimum Gasteiger partial charge on any atom is -0.338 e. The van der Waals surface area contributed by atoms with Crippen LogP contribution in [0, 0.1) is 5.41 Å². The number of carbonyl (C=O) groups is 1. The molecule has 2 aliphatic rings. The summed E-state index contributed by atoms with van der Waals surface area (Å²) in [5.74, 6) is 0.494. The van der Waals surface area contributed by atoms with Crippen LogP contribution in [-0.2, 0) is 11.3 Å². The molecule has 0 radical (unpaired) electrons. The van der Waals surface area contributed by atoms with Crippen LogP contribution in [-0.4, -0.2) is 46.9 Å². The van der Waals surface area contributed by atoms with Crippen molar-refractivity contribution < 1.29 is 4.79 Å². The topological polar surface area (TPSA) is 36.4 Å². The van der Waals surface area contributed by atoms with Crippen LogP contribution in [0.4, 0.5) is 0 Å². The van der Waals surface area contributed by atoms with E-state index in [9.17, 15) is 4.79 Å². The van der Waals surface area contributed by atoms with Gasteiger partial charge in [-0.2, -0.15) is 11.3 Å². The van der Waals surface area contributed by atoms with Crippen LogP contribution in [0.2, 0.25) is 0 Å². The molecule has 2 aliphatic heterocycles. The summed E-state index contributed by atoms with van der Waals surface area (Å²) in [5.41, 5.74) is 1.03. The number of likely N-dealkylation sites (tertiary alicyclic amines) is 2. The second-order valence-corrected chi connectivity index (χ2v) is 8.38. The maximum atomic E-state index is 13.2. The highest BCUT2D eigenvalue weighted by atomic mass is 32.1. The van der Waals surface area contributed by atoms with E-state index in [1.807, 2.05) is 22.6 Å². The van der Waals surface area contributed by atoms with Gasteiger partial charge in [0.05, 0.1) is 10.4 Å². The molecule has 1 amide bonds. The van der Waals surface area contributed by atoms with Gasteiger partial charge in [0.2, 0.25) is 5.91 Å². The monoisotopic (exact) mass is 359 g/mol. The SMILES string of the molecule is C=CCN1CCC2(CN(Cc3ccsc3)CC2c2nccs2)C1=O. The molecule has 0 N–H and O–H groups in total. The molecule has 6 heteroatoms. The van der Waals surface area contributed by atoms with Gasteiger partial charge in [-0.25, -0.2) is 4.98 Å². The third-order valence-electron chi connectivity index (χ3n) is 5.24. The molecule has 2 aromatic heterocycles. The second-order valence-electron chi connectivity index (χ2n) is 6.67. The molecular weight excluding hydrogens is 338 g/mol. The maximum Gasteiger partial charge on any atom is 0.231 e. The Balaban J connectivity index is 1.62. The van der Waals surface area contributed by atoms with E-state index >= 15 is 0 Å². The predicted molar refractivity (Wildman–Crippen MR) is 98.3 cm³/mol. The normalized spacial score (nSPS) is 27.4. The number of aromatic nitrogens is 1. The molecule has 1 spiro atoms. The van der Waals surface area contributed by atoms with Crippen LogP contribution in [0.25, 0.3) is 0 Å². The third kappa shape index (κ3) is 2.62. The fraction of sp³-hybridized carbons (Fsp3) is 0.444. The summed E-state index contributed by atoms with van der Waals surface area (Å²) in [4.78, 5) is 22.2. The Bertz CT molecular complexity index is 713. The average molecular weight is 360 g/mol. The molecular formula is C18H21N3OS2. The fourth-order valence-corrected chi connectivity index (χ4v) is 5.65. The highest BCUT2D eigenvalue weighted by Gasteiger charge is 2.57. The van der Waals surface area contributed by atoms with E-state index in [-0.39, 0.29) is 17.2 Å². The molecule has 0 aromatic carbocycles. The lowest BCUT2D eigenvalue weighted by Gasteiger charge is -2.27. The second kappa shape index (κ2) is 6.43. The van der Waals surface area contributed by atoms with Gasteiger partial charge >= 0.3 is 0 Å². The van der Waals surface area contributed by atoms with Crippen molar-refractivity contribution in [3.8, 4) is 0 Å². The summed E-state index contributed by atoms with van der Waals surface area (Å²) in [5, 5.41) is 7.44. The van der Waals surface area contributed by atoms with Crippen LogP contribution < -0.4 is 0 Å². The van der Waals surface area contributed by atoms with Gasteiger partial charge in [-0.3, -0.25) is 9.69 Å². The minimum atomic E-state index is -0.309. The van der Waals surface area contributed by atoms with E-state index < -0.39 is 0 Å². The van der Waals surface area contributed by atoms with Crippen LogP contribution in [0.1, 0.15) is 22.9 Å². The summed E-state index contributed by atoms with van der Waals surface area (Å²) < 4.78 is 0. The molecule has 4 nitrogen and oxygen atoms in total. The number of nitrogens with zero attached hydrogens (tertiary/aromatic N) is 3. The van der Waals surface area contributed by atoms with Crippen molar-refractivity contribution in [2.75, 3.05) is 26.2 Å². The number of thiazole rings is 1. The average Bonchev–Trinajstić information content (AvgIpc) is 3.34. The zero-order valence-corrected chi connectivity index (χ0v) is 15.2. The van der Waals surface area contributed by atoms with Gasteiger partial charge in [0.15, 0.2) is 0 Å². The summed E-state index contributed by atoms with van der Waals surface area (Å²) in [6.07, 6.45) is 4.60. The van der Waals surface area contributed by atoms with Gasteiger partial charge in [-0.1, -0.05) is 6.08 Å². The molecule has 24 heavy (non-hydrogen) atoms. The lowest BCUT2D eigenvalue weighted by Crippen LogP contribution is -2.39. The van der Waals surface area contributed by atoms with Gasteiger partial charge in [0, 0.05) is 50.2 Å². The largest absolute Gasteiger partial charge is 0.338 e. The summed E-state index contributed by atoms with van der Waals surface area (Å²) in [6.45, 7) is 7.94. The lowest BCUT2D eigenvalue weighted by molar-refractivity contribution is -0.135. The molecule has 2 saturated heterocycles. The first-order valence-electron chi connectivity index (χ1n) is 8.26. The van der Waals surface area contributed by atoms with Crippen LogP contribution in [0.3, 0.4) is 0 Å². The first-order valence-corrected chi connectivity index (χ1v) is 10.1. The fourth-order valence-electron chi connectivity index (χ4n) is 4.15. The van der Waals surface area contributed by atoms with Crippen molar-refractivity contribution in [3.63, 3.8) is 0 Å². The van der Waals surface area contributed by atoms with E-state index in [0.29, 0.717) is 6.54 Å². The van der Waals surface area contributed by atoms with Crippen molar-refractivity contribution >= 4 is 28.6 Å². The van der Waals surface area contributed by atoms with Gasteiger partial charge < -0.3 is 4.90 Å². The van der Waals surface area contributed by atoms with E-state index in [1.54, 1.807) is 22.7 Å². The summed E-state index contributed by atoms with van der Waals surface area (Å²) in [7, 11) is 0. The molecule has 4 rings (SSSR count). The van der Waals surface area contributed by atoms with Crippen molar-refractivity contribution in [3.05, 3.63) is 51.6 Å². The molecule has 2 unspecified atom stereocenters. The highest BCUT2D eigenvalue weighted by Crippen LogP contribution is 2.50. The van der Waals surface area contributed by atoms with Crippen LogP contribution >= 0.6 is 22.7 Å². The standard InChI is InChI=1S/C18H21N3OS2/c1-2-6-21-7-4-18(17(21)22)13-20(10-14-3-8-23-12-14)11-15(18)16-19-5-9-24-16/h2-3,5,8-9,12,15H,1,4,6-7,10-11,13H2. The van der Waals surface area contributed by atoms with E-state index in [4.69, 9.17) is 0 Å². The molecule has 0 saturated carbocycles. The van der Waals surface area contributed by atoms with Gasteiger partial charge in [-0.15, -0.1) is 17.9 Å². The molecule has 2 atom stereocenters. The number of thiophene rings is 1. The Kier molecular flexibility index (Phi) is 4.28. The number of rotatable bonds is 5. The Morgan fingerprint density at radius 2 is 2.38 bits per heavy atom. The Labute approximate surface area is 150 Å². The Hall–Kier alpha value is -1.50. The van der Waals surface area contributed by atoms with Crippen molar-refractivity contribution in [2.45, 2.75) is 18.9 Å². The van der Waals surface area contributed by atoms with Crippen LogP contribution in [0.15, 0.2) is 41.1 Å². The lowest BCUT2D eigenvalue weighted by atomic mass is 9.77. The highest BCUT2D eigenvalue weighted by molar-refractivity contribution is 7.09. The van der Waals surface area contributed by atoms with E-state index in [2.05, 4.69) is 33.3 Å². The molecule has 126 valence electrons. The first kappa shape index (κ1) is 16.0. The minimum absolute atomic E-state index is 0.207. The van der Waals surface area contributed by atoms with Crippen molar-refractivity contribution in [2.24, 2.45) is 5.41 Å². The van der Waals surface area contributed by atoms with E-state index in [1.165, 1.54) is 5.56 Å². The molecule has 0 aliphatic carbocycles. The zero-order chi connectivity index (χ0) is 16.6. The molecule has 2 fully saturated rings. The summed E-state index contributed by atoms with van der Waals surface area (Å²) in [6, 6.07) is 2.18. The van der Waals surface area contributed by atoms with E-state index in [0.717, 1.165) is 37.6 Å². The third-order valence-corrected chi connectivity index (χ3v) is 6.86. The van der Waals surface area contributed by atoms with Gasteiger partial charge in [-0.05, 0) is 28.8 Å². The smallest absolute Gasteiger partial charge is 0.231 e. The number of amides is 1. The van der Waals surface area contributed by atoms with Gasteiger partial charge in [0.1, 0.15) is 0 Å². The predicted octanol–water partition coefficient (Wildman–Crippen LogP) is 3.21. The summed E-state index contributed by atoms with van der Waals surface area (Å²) >= 11 is 3.41. The Morgan fingerprint density at radius 3 is 3.08 bits per heavy atom. The maximum absolute atomic E-state index is 13.2. The Morgan fingerprint density at radius 1 is 1.46 bits per heavy atom. The number of hydrogen-bond donors (Lipinski definition) is 0. The van der Waals surface area contributed by atoms with Crippen LogP contribution in [0.5, 0.6) is 0 Å². The quantitative estimate of drug-likeness (QED) is 0.769. The van der Waals surface area contributed by atoms with Crippen molar-refractivity contribution in [1.29, 1.82) is 0 Å². The number of hydrogen-bond acceptors (Lipinski definition) is 5. The number of carbonyl (C=O) groups excluding carboxylic acids is 1. The first-order chi connectivity index (χ1) is 11.7. The molecule has 4 heterocycles. The molecule has 2 aromatic rings. The zero-order valence-electron chi connectivity index (χ0n) is 13.6. The van der Waals surface area contributed by atoms with Crippen molar-refractivity contribution in [1.82, 2.24) is 14.8 Å².